The van der Waals surface area contributed by atoms with Gasteiger partial charge in [0.25, 0.3) is 10.1 Å². The van der Waals surface area contributed by atoms with E-state index in [0.29, 0.717) is 0 Å². The molecule has 0 bridgehead atoms. The van der Waals surface area contributed by atoms with Crippen LogP contribution in [0.25, 0.3) is 0 Å². The number of hydrogen-bond donors (Lipinski definition) is 0. The first-order chi connectivity index (χ1) is 10.8. The van der Waals surface area contributed by atoms with Gasteiger partial charge in [-0.2, -0.15) is 8.42 Å². The van der Waals surface area contributed by atoms with Crippen molar-refractivity contribution in [3.05, 3.63) is 29.8 Å². The van der Waals surface area contributed by atoms with Gasteiger partial charge in [0, 0.05) is 0 Å². The molecule has 0 aromatic heterocycles. The number of carbonyl (C=O) groups excluding carboxylic acids is 2. The Morgan fingerprint density at radius 2 is 1.54 bits per heavy atom. The first-order valence-corrected chi connectivity index (χ1v) is 8.89. The highest BCUT2D eigenvalue weighted by molar-refractivity contribution is 7.86. The standard InChI is InChI=1S/C17H24O6S/c1-12-7-9-14(10-8-12)24(20,21)22-11-17(6,13(2)18)15(19)23-16(3,4)5/h7-10H,11H2,1-6H3/t17-/m0/s1. The SMILES string of the molecule is CC(=O)[C@](C)(COS(=O)(=O)c1ccc(C)cc1)C(=O)OC(C)(C)C. The zero-order valence-electron chi connectivity index (χ0n) is 14.9. The highest BCUT2D eigenvalue weighted by atomic mass is 32.2. The van der Waals surface area contributed by atoms with Gasteiger partial charge < -0.3 is 4.74 Å². The third kappa shape index (κ3) is 5.14. The van der Waals surface area contributed by atoms with Crippen molar-refractivity contribution in [1.82, 2.24) is 0 Å². The lowest BCUT2D eigenvalue weighted by Gasteiger charge is -2.29. The van der Waals surface area contributed by atoms with Gasteiger partial charge in [-0.1, -0.05) is 17.7 Å². The molecule has 0 aliphatic heterocycles. The summed E-state index contributed by atoms with van der Waals surface area (Å²) in [5.41, 5.74) is -1.61. The maximum Gasteiger partial charge on any atom is 0.322 e. The second-order valence-electron chi connectivity index (χ2n) is 6.92. The molecule has 7 heteroatoms. The number of esters is 1. The third-order valence-electron chi connectivity index (χ3n) is 3.44. The van der Waals surface area contributed by atoms with Crippen LogP contribution in [0.4, 0.5) is 0 Å². The van der Waals surface area contributed by atoms with E-state index in [0.717, 1.165) is 5.56 Å². The molecule has 24 heavy (non-hydrogen) atoms. The molecule has 0 fully saturated rings. The Hall–Kier alpha value is -1.73. The first-order valence-electron chi connectivity index (χ1n) is 7.48. The monoisotopic (exact) mass is 356 g/mol. The maximum atomic E-state index is 12.3. The van der Waals surface area contributed by atoms with Crippen molar-refractivity contribution >= 4 is 21.9 Å². The lowest BCUT2D eigenvalue weighted by molar-refractivity contribution is -0.170. The molecular weight excluding hydrogens is 332 g/mol. The molecule has 0 heterocycles. The van der Waals surface area contributed by atoms with E-state index in [4.69, 9.17) is 8.92 Å². The van der Waals surface area contributed by atoms with Gasteiger partial charge in [-0.3, -0.25) is 13.8 Å². The zero-order chi connectivity index (χ0) is 18.8. The van der Waals surface area contributed by atoms with E-state index < -0.39 is 39.5 Å². The van der Waals surface area contributed by atoms with E-state index >= 15 is 0 Å². The molecule has 1 aromatic carbocycles. The fourth-order valence-electron chi connectivity index (χ4n) is 1.66. The van der Waals surface area contributed by atoms with E-state index in [1.54, 1.807) is 32.9 Å². The molecule has 0 unspecified atom stereocenters. The fraction of sp³-hybridized carbons (Fsp3) is 0.529. The predicted molar refractivity (Wildman–Crippen MR) is 88.9 cm³/mol. The second kappa shape index (κ2) is 7.03. The molecule has 0 radical (unpaired) electrons. The number of ether oxygens (including phenoxy) is 1. The van der Waals surface area contributed by atoms with Crippen LogP contribution in [0.1, 0.15) is 40.2 Å². The molecular formula is C17H24O6S. The average Bonchev–Trinajstić information content (AvgIpc) is 2.43. The third-order valence-corrected chi connectivity index (χ3v) is 4.72. The smallest absolute Gasteiger partial charge is 0.322 e. The zero-order valence-corrected chi connectivity index (χ0v) is 15.7. The number of rotatable bonds is 6. The molecule has 1 aromatic rings. The van der Waals surface area contributed by atoms with Gasteiger partial charge in [-0.05, 0) is 53.7 Å². The van der Waals surface area contributed by atoms with Crippen molar-refractivity contribution in [1.29, 1.82) is 0 Å². The summed E-state index contributed by atoms with van der Waals surface area (Å²) >= 11 is 0. The minimum absolute atomic E-state index is 0.0387. The lowest BCUT2D eigenvalue weighted by Crippen LogP contribution is -2.44. The summed E-state index contributed by atoms with van der Waals surface area (Å²) in [4.78, 5) is 24.2. The summed E-state index contributed by atoms with van der Waals surface area (Å²) in [5, 5.41) is 0. The number of aryl methyl sites for hydroxylation is 1. The van der Waals surface area contributed by atoms with Crippen molar-refractivity contribution in [2.45, 2.75) is 52.0 Å². The largest absolute Gasteiger partial charge is 0.459 e. The van der Waals surface area contributed by atoms with Crippen molar-refractivity contribution < 1.29 is 26.9 Å². The summed E-state index contributed by atoms with van der Waals surface area (Å²) in [7, 11) is -4.08. The Morgan fingerprint density at radius 1 is 1.04 bits per heavy atom. The first kappa shape index (κ1) is 20.3. The molecule has 1 rings (SSSR count). The number of ketones is 1. The molecule has 6 nitrogen and oxygen atoms in total. The van der Waals surface area contributed by atoms with Gasteiger partial charge >= 0.3 is 5.97 Å². The van der Waals surface area contributed by atoms with Gasteiger partial charge in [0.1, 0.15) is 16.8 Å². The molecule has 0 saturated heterocycles. The van der Waals surface area contributed by atoms with Crippen LogP contribution in [-0.2, 0) is 28.6 Å². The van der Waals surface area contributed by atoms with Crippen LogP contribution in [0.5, 0.6) is 0 Å². The molecule has 0 saturated carbocycles. The van der Waals surface area contributed by atoms with E-state index in [1.165, 1.54) is 26.0 Å². The Labute approximate surface area is 143 Å². The van der Waals surface area contributed by atoms with Gasteiger partial charge in [0.2, 0.25) is 0 Å². The quantitative estimate of drug-likeness (QED) is 0.442. The highest BCUT2D eigenvalue weighted by Gasteiger charge is 2.43. The highest BCUT2D eigenvalue weighted by Crippen LogP contribution is 2.26. The Morgan fingerprint density at radius 3 is 1.96 bits per heavy atom. The van der Waals surface area contributed by atoms with Crippen LogP contribution < -0.4 is 0 Å². The van der Waals surface area contributed by atoms with Gasteiger partial charge in [-0.25, -0.2) is 0 Å². The van der Waals surface area contributed by atoms with E-state index in [9.17, 15) is 18.0 Å². The molecule has 1 atom stereocenters. The van der Waals surface area contributed by atoms with Gasteiger partial charge in [-0.15, -0.1) is 0 Å². The molecule has 0 aliphatic rings. The van der Waals surface area contributed by atoms with Crippen LogP contribution in [0, 0.1) is 12.3 Å². The summed E-state index contributed by atoms with van der Waals surface area (Å²) in [6.45, 7) is 8.71. The number of Topliss-reactive ketones (excluding diaryl/α,β-unsaturated/α-hetero) is 1. The second-order valence-corrected chi connectivity index (χ2v) is 8.53. The van der Waals surface area contributed by atoms with Crippen LogP contribution in [0.3, 0.4) is 0 Å². The van der Waals surface area contributed by atoms with E-state index in [-0.39, 0.29) is 4.90 Å². The predicted octanol–water partition coefficient (Wildman–Crippen LogP) is 2.64. The van der Waals surface area contributed by atoms with Crippen molar-refractivity contribution in [3.63, 3.8) is 0 Å². The number of carbonyl (C=O) groups is 2. The summed E-state index contributed by atoms with van der Waals surface area (Å²) in [6.07, 6.45) is 0. The average molecular weight is 356 g/mol. The maximum absolute atomic E-state index is 12.3. The van der Waals surface area contributed by atoms with Crippen molar-refractivity contribution in [2.24, 2.45) is 5.41 Å². The van der Waals surface area contributed by atoms with E-state index in [1.807, 2.05) is 6.92 Å². The lowest BCUT2D eigenvalue weighted by atomic mass is 9.87. The Kier molecular flexibility index (Phi) is 5.95. The van der Waals surface area contributed by atoms with Gasteiger partial charge in [0.05, 0.1) is 11.5 Å². The number of hydrogen-bond acceptors (Lipinski definition) is 6. The molecule has 134 valence electrons. The summed E-state index contributed by atoms with van der Waals surface area (Å²) < 4.78 is 34.7. The molecule has 0 spiro atoms. The summed E-state index contributed by atoms with van der Waals surface area (Å²) in [5.74, 6) is -1.35. The van der Waals surface area contributed by atoms with Crippen molar-refractivity contribution in [3.8, 4) is 0 Å². The van der Waals surface area contributed by atoms with E-state index in [2.05, 4.69) is 0 Å². The van der Waals surface area contributed by atoms with Crippen LogP contribution in [-0.4, -0.2) is 32.4 Å². The summed E-state index contributed by atoms with van der Waals surface area (Å²) in [6, 6.07) is 6.08. The van der Waals surface area contributed by atoms with Crippen LogP contribution >= 0.6 is 0 Å². The molecule has 0 aliphatic carbocycles. The normalized spacial score (nSPS) is 14.8. The molecule has 0 amide bonds. The number of benzene rings is 1. The van der Waals surface area contributed by atoms with Crippen molar-refractivity contribution in [2.75, 3.05) is 6.61 Å². The van der Waals surface area contributed by atoms with Gasteiger partial charge in [0.15, 0.2) is 0 Å². The molecule has 0 N–H and O–H groups in total. The van der Waals surface area contributed by atoms with Crippen LogP contribution in [0.15, 0.2) is 29.2 Å². The minimum atomic E-state index is -4.08. The Balaban J connectivity index is 2.99. The van der Waals surface area contributed by atoms with Crippen LogP contribution in [0.2, 0.25) is 0 Å². The fourth-order valence-corrected chi connectivity index (χ4v) is 2.66. The topological polar surface area (TPSA) is 86.7 Å². The minimum Gasteiger partial charge on any atom is -0.459 e. The Bertz CT molecular complexity index is 712.